The second-order valence-electron chi connectivity index (χ2n) is 5.62. The summed E-state index contributed by atoms with van der Waals surface area (Å²) in [6, 6.07) is 17.5. The molecule has 3 rings (SSSR count). The van der Waals surface area contributed by atoms with Gasteiger partial charge < -0.3 is 10.2 Å². The fraction of sp³-hybridized carbons (Fsp3) is 0.150. The molecule has 0 aliphatic carbocycles. The van der Waals surface area contributed by atoms with Gasteiger partial charge in [0.25, 0.3) is 5.91 Å². The maximum Gasteiger partial charge on any atom is 0.278 e. The highest BCUT2D eigenvalue weighted by molar-refractivity contribution is 6.04. The van der Waals surface area contributed by atoms with E-state index in [-0.39, 0.29) is 5.91 Å². The van der Waals surface area contributed by atoms with Crippen LogP contribution in [0.3, 0.4) is 0 Å². The Morgan fingerprint density at radius 1 is 1.00 bits per heavy atom. The molecule has 5 nitrogen and oxygen atoms in total. The van der Waals surface area contributed by atoms with Crippen LogP contribution in [0.25, 0.3) is 0 Å². The van der Waals surface area contributed by atoms with Crippen LogP contribution >= 0.6 is 0 Å². The molecule has 2 aromatic carbocycles. The number of carbonyl (C=O) groups is 1. The van der Waals surface area contributed by atoms with Crippen molar-refractivity contribution in [2.45, 2.75) is 13.3 Å². The van der Waals surface area contributed by atoms with E-state index >= 15 is 0 Å². The van der Waals surface area contributed by atoms with E-state index in [0.717, 1.165) is 17.8 Å². The fourth-order valence-electron chi connectivity index (χ4n) is 2.53. The van der Waals surface area contributed by atoms with Crippen molar-refractivity contribution < 1.29 is 4.79 Å². The second kappa shape index (κ2) is 7.57. The first kappa shape index (κ1) is 16.6. The largest absolute Gasteiger partial charge is 0.339 e. The molecule has 0 saturated heterocycles. The molecule has 25 heavy (non-hydrogen) atoms. The number of nitrogens with one attached hydrogen (secondary N) is 1. The van der Waals surface area contributed by atoms with E-state index in [1.54, 1.807) is 18.1 Å². The van der Waals surface area contributed by atoms with Crippen LogP contribution in [0, 0.1) is 0 Å². The quantitative estimate of drug-likeness (QED) is 0.765. The van der Waals surface area contributed by atoms with Crippen molar-refractivity contribution in [3.05, 3.63) is 78.2 Å². The van der Waals surface area contributed by atoms with E-state index in [0.29, 0.717) is 11.5 Å². The molecule has 0 radical (unpaired) electrons. The third kappa shape index (κ3) is 3.83. The van der Waals surface area contributed by atoms with Gasteiger partial charge in [-0.3, -0.25) is 4.79 Å². The number of benzene rings is 2. The van der Waals surface area contributed by atoms with Crippen molar-refractivity contribution in [2.75, 3.05) is 17.3 Å². The lowest BCUT2D eigenvalue weighted by Crippen LogP contribution is -2.27. The van der Waals surface area contributed by atoms with Crippen LogP contribution in [0.5, 0.6) is 0 Å². The number of para-hydroxylation sites is 2. The monoisotopic (exact) mass is 332 g/mol. The number of aromatic nitrogens is 2. The molecule has 0 atom stereocenters. The first-order valence-electron chi connectivity index (χ1n) is 8.19. The van der Waals surface area contributed by atoms with Crippen molar-refractivity contribution in [3.63, 3.8) is 0 Å². The number of carbonyl (C=O) groups excluding carboxylic acids is 1. The molecule has 126 valence electrons. The number of hydrogen-bond acceptors (Lipinski definition) is 4. The highest BCUT2D eigenvalue weighted by Gasteiger charge is 2.15. The third-order valence-electron chi connectivity index (χ3n) is 3.98. The molecule has 3 aromatic rings. The van der Waals surface area contributed by atoms with Crippen LogP contribution in [0.15, 0.2) is 67.0 Å². The summed E-state index contributed by atoms with van der Waals surface area (Å²) in [6.45, 7) is 2.10. The van der Waals surface area contributed by atoms with Gasteiger partial charge in [-0.05, 0) is 30.2 Å². The minimum Gasteiger partial charge on any atom is -0.339 e. The van der Waals surface area contributed by atoms with Crippen molar-refractivity contribution in [3.8, 4) is 0 Å². The van der Waals surface area contributed by atoms with E-state index in [1.807, 2.05) is 48.5 Å². The van der Waals surface area contributed by atoms with Gasteiger partial charge in [-0.2, -0.15) is 0 Å². The lowest BCUT2D eigenvalue weighted by atomic mass is 10.1. The summed E-state index contributed by atoms with van der Waals surface area (Å²) >= 11 is 0. The van der Waals surface area contributed by atoms with E-state index in [9.17, 15) is 4.79 Å². The Labute approximate surface area is 147 Å². The highest BCUT2D eigenvalue weighted by Crippen LogP contribution is 2.20. The molecule has 1 heterocycles. The van der Waals surface area contributed by atoms with Gasteiger partial charge >= 0.3 is 0 Å². The number of nitrogens with zero attached hydrogens (tertiary/aromatic N) is 3. The Kier molecular flexibility index (Phi) is 5.04. The first-order chi connectivity index (χ1) is 12.2. The van der Waals surface area contributed by atoms with Gasteiger partial charge in [0.15, 0.2) is 0 Å². The smallest absolute Gasteiger partial charge is 0.278 e. The minimum atomic E-state index is -0.195. The average molecular weight is 332 g/mol. The Hall–Kier alpha value is -3.21. The minimum absolute atomic E-state index is 0.195. The van der Waals surface area contributed by atoms with E-state index in [4.69, 9.17) is 0 Å². The van der Waals surface area contributed by atoms with Gasteiger partial charge in [0.2, 0.25) is 0 Å². The molecule has 0 aliphatic rings. The van der Waals surface area contributed by atoms with Crippen LogP contribution in [0.2, 0.25) is 0 Å². The number of aryl methyl sites for hydroxylation is 1. The van der Waals surface area contributed by atoms with Gasteiger partial charge in [0.1, 0.15) is 11.5 Å². The van der Waals surface area contributed by atoms with E-state index in [1.165, 1.54) is 11.8 Å². The SMILES string of the molecule is CCc1ccccc1Nc1cnc(C(=O)N(C)c2ccccc2)cn1. The molecule has 0 saturated carbocycles. The molecule has 0 fully saturated rings. The van der Waals surface area contributed by atoms with E-state index < -0.39 is 0 Å². The first-order valence-corrected chi connectivity index (χ1v) is 8.19. The standard InChI is InChI=1S/C20H20N4O/c1-3-15-9-7-8-12-17(15)23-19-14-21-18(13-22-19)20(25)24(2)16-10-5-4-6-11-16/h4-14H,3H2,1-2H3,(H,22,23). The molecule has 0 aliphatic heterocycles. The molecule has 0 unspecified atom stereocenters. The van der Waals surface area contributed by atoms with Crippen LogP contribution in [0.4, 0.5) is 17.2 Å². The Morgan fingerprint density at radius 3 is 2.40 bits per heavy atom. The molecule has 1 N–H and O–H groups in total. The summed E-state index contributed by atoms with van der Waals surface area (Å²) in [4.78, 5) is 22.7. The molecular formula is C20H20N4O. The zero-order chi connectivity index (χ0) is 17.6. The van der Waals surface area contributed by atoms with Crippen LogP contribution in [-0.2, 0) is 6.42 Å². The lowest BCUT2D eigenvalue weighted by molar-refractivity contribution is 0.0988. The normalized spacial score (nSPS) is 10.3. The summed E-state index contributed by atoms with van der Waals surface area (Å²) in [7, 11) is 1.73. The van der Waals surface area contributed by atoms with Gasteiger partial charge in [-0.15, -0.1) is 0 Å². The van der Waals surface area contributed by atoms with Crippen molar-refractivity contribution in [2.24, 2.45) is 0 Å². The molecule has 0 spiro atoms. The van der Waals surface area contributed by atoms with Gasteiger partial charge in [-0.1, -0.05) is 43.3 Å². The lowest BCUT2D eigenvalue weighted by Gasteiger charge is -2.16. The Bertz CT molecular complexity index is 847. The van der Waals surface area contributed by atoms with Crippen LogP contribution < -0.4 is 10.2 Å². The maximum absolute atomic E-state index is 12.5. The Morgan fingerprint density at radius 2 is 1.72 bits per heavy atom. The Balaban J connectivity index is 1.75. The van der Waals surface area contributed by atoms with Gasteiger partial charge in [0.05, 0.1) is 12.4 Å². The molecule has 1 amide bonds. The zero-order valence-electron chi connectivity index (χ0n) is 14.3. The van der Waals surface area contributed by atoms with Crippen molar-refractivity contribution in [1.29, 1.82) is 0 Å². The summed E-state index contributed by atoms with van der Waals surface area (Å²) in [6.07, 6.45) is 4.01. The summed E-state index contributed by atoms with van der Waals surface area (Å²) in [5, 5.41) is 3.25. The predicted octanol–water partition coefficient (Wildman–Crippen LogP) is 4.06. The summed E-state index contributed by atoms with van der Waals surface area (Å²) < 4.78 is 0. The van der Waals surface area contributed by atoms with E-state index in [2.05, 4.69) is 28.3 Å². The zero-order valence-corrected chi connectivity index (χ0v) is 14.3. The van der Waals surface area contributed by atoms with Crippen molar-refractivity contribution in [1.82, 2.24) is 9.97 Å². The van der Waals surface area contributed by atoms with Crippen LogP contribution in [0.1, 0.15) is 23.0 Å². The third-order valence-corrected chi connectivity index (χ3v) is 3.98. The highest BCUT2D eigenvalue weighted by atomic mass is 16.2. The second-order valence-corrected chi connectivity index (χ2v) is 5.62. The molecular weight excluding hydrogens is 312 g/mol. The molecule has 5 heteroatoms. The molecule has 0 bridgehead atoms. The summed E-state index contributed by atoms with van der Waals surface area (Å²) in [5.41, 5.74) is 3.32. The number of rotatable bonds is 5. The van der Waals surface area contributed by atoms with Gasteiger partial charge in [0, 0.05) is 18.4 Å². The van der Waals surface area contributed by atoms with Crippen molar-refractivity contribution >= 4 is 23.1 Å². The molecule has 1 aromatic heterocycles. The number of hydrogen-bond donors (Lipinski definition) is 1. The summed E-state index contributed by atoms with van der Waals surface area (Å²) in [5.74, 6) is 0.416. The van der Waals surface area contributed by atoms with Gasteiger partial charge in [-0.25, -0.2) is 9.97 Å². The fourth-order valence-corrected chi connectivity index (χ4v) is 2.53. The average Bonchev–Trinajstić information content (AvgIpc) is 2.68. The predicted molar refractivity (Wildman–Crippen MR) is 100 cm³/mol. The topological polar surface area (TPSA) is 58.1 Å². The van der Waals surface area contributed by atoms with Crippen LogP contribution in [-0.4, -0.2) is 22.9 Å². The maximum atomic E-state index is 12.5. The number of anilines is 3. The number of amides is 1.